The summed E-state index contributed by atoms with van der Waals surface area (Å²) in [6, 6.07) is 14.9. The molecule has 0 saturated carbocycles. The van der Waals surface area contributed by atoms with E-state index in [2.05, 4.69) is 10.2 Å². The van der Waals surface area contributed by atoms with Gasteiger partial charge in [0.1, 0.15) is 0 Å². The van der Waals surface area contributed by atoms with Gasteiger partial charge in [-0.05, 0) is 30.7 Å². The molecule has 2 aromatic carbocycles. The lowest BCUT2D eigenvalue weighted by Crippen LogP contribution is -2.37. The summed E-state index contributed by atoms with van der Waals surface area (Å²) in [6.45, 7) is 4.75. The van der Waals surface area contributed by atoms with Crippen molar-refractivity contribution in [2.24, 2.45) is 0 Å². The molecule has 0 atom stereocenters. The molecule has 1 amide bonds. The van der Waals surface area contributed by atoms with Gasteiger partial charge in [0.25, 0.3) is 0 Å². The molecule has 27 heavy (non-hydrogen) atoms. The summed E-state index contributed by atoms with van der Waals surface area (Å²) in [5.74, 6) is -0.520. The fraction of sp³-hybridized carbons (Fsp3) is 0.333. The normalized spacial score (nSPS) is 13.9. The molecule has 3 rings (SSSR count). The SMILES string of the molecule is CCOC(=O)c1cc(NC(=O)Cc2ccccc2)ccc1N1CCOCC1. The number of anilines is 2. The van der Waals surface area contributed by atoms with Crippen molar-refractivity contribution in [3.8, 4) is 0 Å². The van der Waals surface area contributed by atoms with Gasteiger partial charge in [0.15, 0.2) is 0 Å². The summed E-state index contributed by atoms with van der Waals surface area (Å²) < 4.78 is 10.6. The lowest BCUT2D eigenvalue weighted by Gasteiger charge is -2.30. The van der Waals surface area contributed by atoms with Crippen molar-refractivity contribution < 1.29 is 19.1 Å². The average Bonchev–Trinajstić information content (AvgIpc) is 2.69. The van der Waals surface area contributed by atoms with Crippen LogP contribution in [-0.2, 0) is 20.7 Å². The van der Waals surface area contributed by atoms with Gasteiger partial charge in [0, 0.05) is 18.8 Å². The maximum absolute atomic E-state index is 12.4. The second-order valence-electron chi connectivity index (χ2n) is 6.26. The number of hydrogen-bond donors (Lipinski definition) is 1. The summed E-state index contributed by atoms with van der Waals surface area (Å²) >= 11 is 0. The van der Waals surface area contributed by atoms with E-state index in [1.54, 1.807) is 13.0 Å². The largest absolute Gasteiger partial charge is 0.462 e. The molecule has 0 unspecified atom stereocenters. The summed E-state index contributed by atoms with van der Waals surface area (Å²) in [4.78, 5) is 26.9. The fourth-order valence-corrected chi connectivity index (χ4v) is 3.05. The van der Waals surface area contributed by atoms with Crippen molar-refractivity contribution >= 4 is 23.3 Å². The van der Waals surface area contributed by atoms with Crippen molar-refractivity contribution in [1.29, 1.82) is 0 Å². The van der Waals surface area contributed by atoms with Crippen molar-refractivity contribution in [2.45, 2.75) is 13.3 Å². The van der Waals surface area contributed by atoms with Crippen LogP contribution in [0.5, 0.6) is 0 Å². The maximum Gasteiger partial charge on any atom is 0.340 e. The van der Waals surface area contributed by atoms with Gasteiger partial charge in [-0.3, -0.25) is 4.79 Å². The van der Waals surface area contributed by atoms with Gasteiger partial charge in [0.2, 0.25) is 5.91 Å². The molecule has 1 saturated heterocycles. The Balaban J connectivity index is 1.78. The van der Waals surface area contributed by atoms with E-state index >= 15 is 0 Å². The van der Waals surface area contributed by atoms with Crippen molar-refractivity contribution in [3.63, 3.8) is 0 Å². The van der Waals surface area contributed by atoms with E-state index in [-0.39, 0.29) is 12.3 Å². The minimum Gasteiger partial charge on any atom is -0.462 e. The first-order chi connectivity index (χ1) is 13.2. The highest BCUT2D eigenvalue weighted by molar-refractivity contribution is 5.99. The number of amides is 1. The molecule has 142 valence electrons. The highest BCUT2D eigenvalue weighted by Gasteiger charge is 2.20. The van der Waals surface area contributed by atoms with Gasteiger partial charge in [0.05, 0.1) is 37.5 Å². The summed E-state index contributed by atoms with van der Waals surface area (Å²) in [7, 11) is 0. The Kier molecular flexibility index (Phi) is 6.44. The van der Waals surface area contributed by atoms with Crippen LogP contribution in [0.15, 0.2) is 48.5 Å². The first-order valence-electron chi connectivity index (χ1n) is 9.15. The van der Waals surface area contributed by atoms with Gasteiger partial charge in [-0.15, -0.1) is 0 Å². The molecule has 1 aliphatic rings. The third-order valence-electron chi connectivity index (χ3n) is 4.33. The molecule has 0 radical (unpaired) electrons. The van der Waals surface area contributed by atoms with Crippen LogP contribution in [0.2, 0.25) is 0 Å². The molecule has 0 aliphatic carbocycles. The number of nitrogens with zero attached hydrogens (tertiary/aromatic N) is 1. The Morgan fingerprint density at radius 3 is 2.56 bits per heavy atom. The van der Waals surface area contributed by atoms with Gasteiger partial charge >= 0.3 is 5.97 Å². The molecular formula is C21H24N2O4. The minimum atomic E-state index is -0.391. The quantitative estimate of drug-likeness (QED) is 0.794. The first kappa shape index (κ1) is 18.9. The Morgan fingerprint density at radius 2 is 1.85 bits per heavy atom. The molecule has 1 N–H and O–H groups in total. The molecule has 0 spiro atoms. The fourth-order valence-electron chi connectivity index (χ4n) is 3.05. The Labute approximate surface area is 159 Å². The Hall–Kier alpha value is -2.86. The van der Waals surface area contributed by atoms with Crippen LogP contribution in [0.1, 0.15) is 22.8 Å². The van der Waals surface area contributed by atoms with E-state index < -0.39 is 5.97 Å². The molecule has 0 aromatic heterocycles. The molecule has 1 fully saturated rings. The zero-order chi connectivity index (χ0) is 19.1. The van der Waals surface area contributed by atoms with Crippen LogP contribution < -0.4 is 10.2 Å². The second-order valence-corrected chi connectivity index (χ2v) is 6.26. The average molecular weight is 368 g/mol. The summed E-state index contributed by atoms with van der Waals surface area (Å²) in [6.07, 6.45) is 0.279. The van der Waals surface area contributed by atoms with Crippen LogP contribution in [0, 0.1) is 0 Å². The van der Waals surface area contributed by atoms with Gasteiger partial charge in [-0.1, -0.05) is 30.3 Å². The van der Waals surface area contributed by atoms with Gasteiger partial charge in [-0.25, -0.2) is 4.79 Å². The van der Waals surface area contributed by atoms with Crippen LogP contribution in [0.3, 0.4) is 0 Å². The summed E-state index contributed by atoms with van der Waals surface area (Å²) in [5, 5.41) is 2.87. The maximum atomic E-state index is 12.4. The van der Waals surface area contributed by atoms with E-state index in [0.717, 1.165) is 11.3 Å². The molecule has 0 bridgehead atoms. The van der Waals surface area contributed by atoms with Crippen molar-refractivity contribution in [2.75, 3.05) is 43.1 Å². The number of benzene rings is 2. The third-order valence-corrected chi connectivity index (χ3v) is 4.33. The van der Waals surface area contributed by atoms with Crippen molar-refractivity contribution in [1.82, 2.24) is 0 Å². The standard InChI is InChI=1S/C21H24N2O4/c1-2-27-21(25)18-15-17(8-9-19(18)23-10-12-26-13-11-23)22-20(24)14-16-6-4-3-5-7-16/h3-9,15H,2,10-14H2,1H3,(H,22,24). The summed E-state index contributed by atoms with van der Waals surface area (Å²) in [5.41, 5.74) is 2.77. The molecule has 6 nitrogen and oxygen atoms in total. The highest BCUT2D eigenvalue weighted by atomic mass is 16.5. The number of ether oxygens (including phenoxy) is 2. The van der Waals surface area contributed by atoms with Crippen LogP contribution >= 0.6 is 0 Å². The number of morpholine rings is 1. The van der Waals surface area contributed by atoms with Gasteiger partial charge in [-0.2, -0.15) is 0 Å². The van der Waals surface area contributed by atoms with Crippen LogP contribution in [-0.4, -0.2) is 44.8 Å². The van der Waals surface area contributed by atoms with E-state index in [9.17, 15) is 9.59 Å². The smallest absolute Gasteiger partial charge is 0.340 e. The monoisotopic (exact) mass is 368 g/mol. The zero-order valence-electron chi connectivity index (χ0n) is 15.4. The molecule has 2 aromatic rings. The Bertz CT molecular complexity index is 786. The Morgan fingerprint density at radius 1 is 1.11 bits per heavy atom. The topological polar surface area (TPSA) is 67.9 Å². The molecular weight excluding hydrogens is 344 g/mol. The lowest BCUT2D eigenvalue weighted by atomic mass is 10.1. The number of nitrogens with one attached hydrogen (secondary N) is 1. The van der Waals surface area contributed by atoms with E-state index in [4.69, 9.17) is 9.47 Å². The van der Waals surface area contributed by atoms with Gasteiger partial charge < -0.3 is 19.7 Å². The second kappa shape index (κ2) is 9.19. The van der Waals surface area contributed by atoms with Crippen LogP contribution in [0.25, 0.3) is 0 Å². The van der Waals surface area contributed by atoms with E-state index in [1.807, 2.05) is 42.5 Å². The molecule has 6 heteroatoms. The predicted octanol–water partition coefficient (Wildman–Crippen LogP) is 2.88. The van der Waals surface area contributed by atoms with E-state index in [1.165, 1.54) is 0 Å². The number of carbonyl (C=O) groups is 2. The van der Waals surface area contributed by atoms with Crippen molar-refractivity contribution in [3.05, 3.63) is 59.7 Å². The van der Waals surface area contributed by atoms with Crippen LogP contribution in [0.4, 0.5) is 11.4 Å². The molecule has 1 heterocycles. The number of esters is 1. The number of carbonyl (C=O) groups excluding carboxylic acids is 2. The third kappa shape index (κ3) is 5.08. The molecule has 1 aliphatic heterocycles. The first-order valence-corrected chi connectivity index (χ1v) is 9.15. The minimum absolute atomic E-state index is 0.130. The predicted molar refractivity (Wildman–Crippen MR) is 104 cm³/mol. The zero-order valence-corrected chi connectivity index (χ0v) is 15.4. The number of hydrogen-bond acceptors (Lipinski definition) is 5. The lowest BCUT2D eigenvalue weighted by molar-refractivity contribution is -0.115. The highest BCUT2D eigenvalue weighted by Crippen LogP contribution is 2.26. The van der Waals surface area contributed by atoms with E-state index in [0.29, 0.717) is 44.2 Å². The number of rotatable bonds is 6.